The van der Waals surface area contributed by atoms with Crippen LogP contribution in [0.2, 0.25) is 0 Å². The lowest BCUT2D eigenvalue weighted by atomic mass is 9.90. The highest BCUT2D eigenvalue weighted by Crippen LogP contribution is 2.59. The molecule has 6 rings (SSSR count). The number of para-hydroxylation sites is 1. The number of furan rings is 1. The van der Waals surface area contributed by atoms with Crippen molar-refractivity contribution < 1.29 is 14.0 Å². The molecule has 1 spiro atoms. The molecule has 4 aliphatic rings. The number of likely N-dealkylation sites (tertiary alicyclic amines) is 1. The molecule has 6 heteroatoms. The average Bonchev–Trinajstić information content (AvgIpc) is 3.64. The number of hydrogen-bond acceptors (Lipinski definition) is 4. The number of piperidine rings is 1. The van der Waals surface area contributed by atoms with Gasteiger partial charge in [0.1, 0.15) is 5.58 Å². The maximum absolute atomic E-state index is 13.0. The maximum Gasteiger partial charge on any atom is 0.287 e. The van der Waals surface area contributed by atoms with Crippen LogP contribution < -0.4 is 5.32 Å². The number of hydrogen-bond donors (Lipinski definition) is 1. The summed E-state index contributed by atoms with van der Waals surface area (Å²) < 4.78 is 5.67. The number of carbonyl (C=O) groups is 2. The van der Waals surface area contributed by atoms with Gasteiger partial charge in [0.05, 0.1) is 17.8 Å². The predicted molar refractivity (Wildman–Crippen MR) is 118 cm³/mol. The quantitative estimate of drug-likeness (QED) is 0.808. The van der Waals surface area contributed by atoms with Crippen molar-refractivity contribution in [2.45, 2.75) is 32.1 Å². The van der Waals surface area contributed by atoms with Crippen LogP contribution in [0.25, 0.3) is 11.0 Å². The largest absolute Gasteiger partial charge is 0.451 e. The highest BCUT2D eigenvalue weighted by molar-refractivity contribution is 6.24. The molecule has 3 heterocycles. The van der Waals surface area contributed by atoms with Gasteiger partial charge in [-0.1, -0.05) is 18.2 Å². The number of nitrogens with one attached hydrogen (secondary N) is 1. The van der Waals surface area contributed by atoms with E-state index in [9.17, 15) is 9.59 Å². The van der Waals surface area contributed by atoms with Crippen molar-refractivity contribution in [1.29, 1.82) is 0 Å². The van der Waals surface area contributed by atoms with Gasteiger partial charge in [-0.15, -0.1) is 0 Å². The van der Waals surface area contributed by atoms with Gasteiger partial charge in [-0.05, 0) is 61.6 Å². The Balaban J connectivity index is 1.01. The third kappa shape index (κ3) is 3.38. The molecular weight excluding hydrogens is 390 g/mol. The second kappa shape index (κ2) is 7.08. The number of benzene rings is 1. The number of fused-ring (bicyclic) bond motifs is 1. The summed E-state index contributed by atoms with van der Waals surface area (Å²) >= 11 is 0. The third-order valence-electron chi connectivity index (χ3n) is 7.59. The summed E-state index contributed by atoms with van der Waals surface area (Å²) in [6.07, 6.45) is 7.53. The minimum atomic E-state index is -0.147. The highest BCUT2D eigenvalue weighted by atomic mass is 16.3. The molecular formula is C25H27N3O3. The maximum atomic E-state index is 13.0. The van der Waals surface area contributed by atoms with Crippen molar-refractivity contribution in [3.05, 3.63) is 47.7 Å². The van der Waals surface area contributed by atoms with E-state index in [2.05, 4.69) is 10.3 Å². The summed E-state index contributed by atoms with van der Waals surface area (Å²) in [6.45, 7) is 2.95. The molecule has 2 amide bonds. The Labute approximate surface area is 181 Å². The van der Waals surface area contributed by atoms with Crippen LogP contribution in [0.5, 0.6) is 0 Å². The Hall–Kier alpha value is -2.89. The van der Waals surface area contributed by atoms with Gasteiger partial charge in [0.15, 0.2) is 5.76 Å². The smallest absolute Gasteiger partial charge is 0.287 e. The van der Waals surface area contributed by atoms with Crippen molar-refractivity contribution in [3.8, 4) is 0 Å². The zero-order valence-electron chi connectivity index (χ0n) is 17.6. The Morgan fingerprint density at radius 3 is 2.77 bits per heavy atom. The first-order valence-corrected chi connectivity index (χ1v) is 11.4. The second-order valence-corrected chi connectivity index (χ2v) is 9.53. The molecule has 1 aromatic heterocycles. The van der Waals surface area contributed by atoms with E-state index >= 15 is 0 Å². The van der Waals surface area contributed by atoms with Crippen LogP contribution in [0, 0.1) is 17.3 Å². The fourth-order valence-corrected chi connectivity index (χ4v) is 5.38. The van der Waals surface area contributed by atoms with E-state index in [4.69, 9.17) is 4.42 Å². The lowest BCUT2D eigenvalue weighted by Gasteiger charge is -2.33. The van der Waals surface area contributed by atoms with Crippen LogP contribution in [0.15, 0.2) is 51.4 Å². The predicted octanol–water partition coefficient (Wildman–Crippen LogP) is 3.58. The van der Waals surface area contributed by atoms with Crippen LogP contribution in [-0.2, 0) is 4.79 Å². The standard InChI is InChI=1S/C25H27N3O3/c29-23(21-13-17-3-1-2-4-20(17)31-21)27-15-18-14-25(18)8-11-28(12-9-25)24(30)19-7-10-26-22(19)16-5-6-16/h1-4,7,13,16,18H,5-6,8-12,14-15H2,(H,27,29). The molecule has 2 saturated carbocycles. The molecule has 2 aromatic rings. The average molecular weight is 418 g/mol. The molecule has 0 bridgehead atoms. The van der Waals surface area contributed by atoms with E-state index in [1.165, 1.54) is 12.8 Å². The van der Waals surface area contributed by atoms with E-state index < -0.39 is 0 Å². The number of nitrogens with zero attached hydrogens (tertiary/aromatic N) is 2. The van der Waals surface area contributed by atoms with Gasteiger partial charge in [0.25, 0.3) is 11.8 Å². The molecule has 1 atom stereocenters. The van der Waals surface area contributed by atoms with Gasteiger partial charge < -0.3 is 14.6 Å². The van der Waals surface area contributed by atoms with Crippen molar-refractivity contribution in [3.63, 3.8) is 0 Å². The monoisotopic (exact) mass is 417 g/mol. The highest BCUT2D eigenvalue weighted by Gasteiger charge is 2.55. The van der Waals surface area contributed by atoms with Gasteiger partial charge >= 0.3 is 0 Å². The van der Waals surface area contributed by atoms with Gasteiger partial charge in [0.2, 0.25) is 0 Å². The van der Waals surface area contributed by atoms with E-state index in [0.29, 0.717) is 30.7 Å². The van der Waals surface area contributed by atoms with Crippen molar-refractivity contribution in [1.82, 2.24) is 10.2 Å². The molecule has 160 valence electrons. The number of aliphatic imine (C=N–C) groups is 1. The van der Waals surface area contributed by atoms with Crippen molar-refractivity contribution >= 4 is 28.5 Å². The zero-order chi connectivity index (χ0) is 21.0. The molecule has 31 heavy (non-hydrogen) atoms. The van der Waals surface area contributed by atoms with Crippen LogP contribution in [0.4, 0.5) is 0 Å². The molecule has 0 radical (unpaired) electrons. The summed E-state index contributed by atoms with van der Waals surface area (Å²) in [5.41, 5.74) is 2.95. The lowest BCUT2D eigenvalue weighted by Crippen LogP contribution is -2.41. The first-order chi connectivity index (χ1) is 15.1. The third-order valence-corrected chi connectivity index (χ3v) is 7.59. The van der Waals surface area contributed by atoms with E-state index in [1.54, 1.807) is 6.07 Å². The van der Waals surface area contributed by atoms with Gasteiger partial charge in [-0.25, -0.2) is 0 Å². The summed E-state index contributed by atoms with van der Waals surface area (Å²) in [5, 5.41) is 4.00. The minimum absolute atomic E-state index is 0.147. The molecule has 1 saturated heterocycles. The first-order valence-electron chi connectivity index (χ1n) is 11.4. The summed E-state index contributed by atoms with van der Waals surface area (Å²) in [5.74, 6) is 1.41. The van der Waals surface area contributed by atoms with Crippen molar-refractivity contribution in [2.24, 2.45) is 22.2 Å². The summed E-state index contributed by atoms with van der Waals surface area (Å²) in [6, 6.07) is 9.46. The molecule has 1 N–H and O–H groups in total. The molecule has 2 aliphatic heterocycles. The summed E-state index contributed by atoms with van der Waals surface area (Å²) in [4.78, 5) is 32.1. The number of rotatable bonds is 5. The fraction of sp³-hybridized carbons (Fsp3) is 0.480. The SMILES string of the molecule is O=C(NCC1CC12CCN(C(=O)C1=CCN=C1C1CC1)CC2)c1cc2ccccc2o1. The zero-order valence-corrected chi connectivity index (χ0v) is 17.6. The van der Waals surface area contributed by atoms with Crippen LogP contribution in [0.1, 0.15) is 42.7 Å². The van der Waals surface area contributed by atoms with Crippen LogP contribution in [-0.4, -0.2) is 48.6 Å². The van der Waals surface area contributed by atoms with Crippen molar-refractivity contribution in [2.75, 3.05) is 26.2 Å². The van der Waals surface area contributed by atoms with E-state index in [-0.39, 0.29) is 17.2 Å². The van der Waals surface area contributed by atoms with E-state index in [1.807, 2.05) is 35.2 Å². The number of amides is 2. The Morgan fingerprint density at radius 1 is 1.19 bits per heavy atom. The Bertz CT molecular complexity index is 1080. The molecule has 1 unspecified atom stereocenters. The minimum Gasteiger partial charge on any atom is -0.451 e. The van der Waals surface area contributed by atoms with Gasteiger partial charge in [-0.2, -0.15) is 0 Å². The van der Waals surface area contributed by atoms with Crippen LogP contribution >= 0.6 is 0 Å². The lowest BCUT2D eigenvalue weighted by molar-refractivity contribution is -0.128. The van der Waals surface area contributed by atoms with E-state index in [0.717, 1.165) is 54.6 Å². The second-order valence-electron chi connectivity index (χ2n) is 9.53. The topological polar surface area (TPSA) is 74.9 Å². The Morgan fingerprint density at radius 2 is 2.00 bits per heavy atom. The molecule has 1 aromatic carbocycles. The van der Waals surface area contributed by atoms with Crippen LogP contribution in [0.3, 0.4) is 0 Å². The Kier molecular flexibility index (Phi) is 4.30. The summed E-state index contributed by atoms with van der Waals surface area (Å²) in [7, 11) is 0. The van der Waals surface area contributed by atoms with Gasteiger partial charge in [-0.3, -0.25) is 14.6 Å². The molecule has 6 nitrogen and oxygen atoms in total. The molecule has 2 aliphatic carbocycles. The fourth-order valence-electron chi connectivity index (χ4n) is 5.38. The van der Waals surface area contributed by atoms with Gasteiger partial charge in [0, 0.05) is 30.9 Å². The first kappa shape index (κ1) is 18.8. The number of carbonyl (C=O) groups excluding carboxylic acids is 2. The normalized spacial score (nSPS) is 24.3. The molecule has 3 fully saturated rings.